The third kappa shape index (κ3) is 3.36. The third-order valence-corrected chi connectivity index (χ3v) is 3.31. The number of ether oxygens (including phenoxy) is 2. The van der Waals surface area contributed by atoms with Gasteiger partial charge in [0.25, 0.3) is 0 Å². The van der Waals surface area contributed by atoms with Crippen LogP contribution < -0.4 is 14.8 Å². The lowest BCUT2D eigenvalue weighted by molar-refractivity contribution is 0.236. The summed E-state index contributed by atoms with van der Waals surface area (Å²) in [5, 5.41) is 12.2. The second-order valence-electron chi connectivity index (χ2n) is 5.63. The molecule has 6 heteroatoms. The Bertz CT molecular complexity index is 827. The van der Waals surface area contributed by atoms with Gasteiger partial charge in [-0.2, -0.15) is 10.1 Å². The standard InChI is InChI=1S/C17H20N4O2/c1-10(2)23-17-14-9-13(22-4)6-5-12(14)8-15(19-17)18-16-7-11(3)20-21-16/h5-10H,1-4H3,(H2,18,19,20,21). The molecule has 0 saturated heterocycles. The van der Waals surface area contributed by atoms with Gasteiger partial charge in [-0.25, -0.2) is 0 Å². The van der Waals surface area contributed by atoms with Gasteiger partial charge in [0.1, 0.15) is 11.6 Å². The van der Waals surface area contributed by atoms with Crippen molar-refractivity contribution in [1.82, 2.24) is 15.2 Å². The van der Waals surface area contributed by atoms with Crippen molar-refractivity contribution >= 4 is 22.4 Å². The predicted molar refractivity (Wildman–Crippen MR) is 90.7 cm³/mol. The Labute approximate surface area is 134 Å². The van der Waals surface area contributed by atoms with Gasteiger partial charge in [0.15, 0.2) is 5.82 Å². The topological polar surface area (TPSA) is 72.1 Å². The number of H-pyrrole nitrogens is 1. The van der Waals surface area contributed by atoms with Crippen molar-refractivity contribution in [3.05, 3.63) is 36.0 Å². The molecule has 1 aromatic carbocycles. The minimum Gasteiger partial charge on any atom is -0.497 e. The van der Waals surface area contributed by atoms with E-state index in [0.717, 1.165) is 28.0 Å². The molecule has 6 nitrogen and oxygen atoms in total. The van der Waals surface area contributed by atoms with E-state index in [1.54, 1.807) is 7.11 Å². The molecule has 0 aliphatic rings. The van der Waals surface area contributed by atoms with Crippen molar-refractivity contribution < 1.29 is 9.47 Å². The zero-order valence-electron chi connectivity index (χ0n) is 13.7. The third-order valence-electron chi connectivity index (χ3n) is 3.31. The molecule has 2 aromatic heterocycles. The SMILES string of the molecule is COc1ccc2cc(Nc3cc(C)[nH]n3)nc(OC(C)C)c2c1. The van der Waals surface area contributed by atoms with Crippen LogP contribution in [0.2, 0.25) is 0 Å². The molecule has 0 atom stereocenters. The molecule has 3 aromatic rings. The number of benzene rings is 1. The lowest BCUT2D eigenvalue weighted by Crippen LogP contribution is -2.08. The van der Waals surface area contributed by atoms with Crippen LogP contribution in [-0.2, 0) is 0 Å². The number of anilines is 2. The molecule has 0 amide bonds. The molecular weight excluding hydrogens is 292 g/mol. The maximum Gasteiger partial charge on any atom is 0.223 e. The molecule has 0 aliphatic carbocycles. The summed E-state index contributed by atoms with van der Waals surface area (Å²) >= 11 is 0. The van der Waals surface area contributed by atoms with Gasteiger partial charge in [0.2, 0.25) is 5.88 Å². The van der Waals surface area contributed by atoms with Crippen molar-refractivity contribution in [2.75, 3.05) is 12.4 Å². The first-order chi connectivity index (χ1) is 11.0. The van der Waals surface area contributed by atoms with E-state index in [0.29, 0.717) is 11.7 Å². The smallest absolute Gasteiger partial charge is 0.223 e. The van der Waals surface area contributed by atoms with Gasteiger partial charge in [-0.1, -0.05) is 6.07 Å². The second kappa shape index (κ2) is 6.16. The Kier molecular flexibility index (Phi) is 4.06. The quantitative estimate of drug-likeness (QED) is 0.749. The number of methoxy groups -OCH3 is 1. The first-order valence-corrected chi connectivity index (χ1v) is 7.49. The van der Waals surface area contributed by atoms with Gasteiger partial charge < -0.3 is 14.8 Å². The average molecular weight is 312 g/mol. The summed E-state index contributed by atoms with van der Waals surface area (Å²) in [5.74, 6) is 2.76. The van der Waals surface area contributed by atoms with Crippen LogP contribution in [0.5, 0.6) is 11.6 Å². The van der Waals surface area contributed by atoms with Crippen molar-refractivity contribution in [1.29, 1.82) is 0 Å². The van der Waals surface area contributed by atoms with E-state index < -0.39 is 0 Å². The lowest BCUT2D eigenvalue weighted by Gasteiger charge is -2.14. The van der Waals surface area contributed by atoms with E-state index in [1.165, 1.54) is 0 Å². The summed E-state index contributed by atoms with van der Waals surface area (Å²) in [6.07, 6.45) is 0.0276. The largest absolute Gasteiger partial charge is 0.497 e. The number of rotatable bonds is 5. The minimum absolute atomic E-state index is 0.0276. The Morgan fingerprint density at radius 2 is 1.96 bits per heavy atom. The Balaban J connectivity index is 2.05. The molecule has 0 radical (unpaired) electrons. The van der Waals surface area contributed by atoms with Gasteiger partial charge in [-0.15, -0.1) is 0 Å². The zero-order chi connectivity index (χ0) is 16.4. The van der Waals surface area contributed by atoms with E-state index in [-0.39, 0.29) is 6.10 Å². The Morgan fingerprint density at radius 3 is 2.61 bits per heavy atom. The summed E-state index contributed by atoms with van der Waals surface area (Å²) in [6, 6.07) is 9.73. The number of pyridine rings is 1. The van der Waals surface area contributed by atoms with Crippen LogP contribution in [0.25, 0.3) is 10.8 Å². The molecule has 2 heterocycles. The molecule has 0 spiro atoms. The van der Waals surface area contributed by atoms with Crippen LogP contribution in [0.1, 0.15) is 19.5 Å². The normalized spacial score (nSPS) is 11.0. The molecule has 0 bridgehead atoms. The highest BCUT2D eigenvalue weighted by atomic mass is 16.5. The summed E-state index contributed by atoms with van der Waals surface area (Å²) < 4.78 is 11.2. The van der Waals surface area contributed by atoms with Gasteiger partial charge in [-0.3, -0.25) is 5.10 Å². The number of hydrogen-bond acceptors (Lipinski definition) is 5. The molecule has 0 unspecified atom stereocenters. The maximum absolute atomic E-state index is 5.88. The van der Waals surface area contributed by atoms with Gasteiger partial charge in [0.05, 0.1) is 13.2 Å². The van der Waals surface area contributed by atoms with Gasteiger partial charge in [0, 0.05) is 17.1 Å². The Morgan fingerprint density at radius 1 is 1.13 bits per heavy atom. The summed E-state index contributed by atoms with van der Waals surface area (Å²) in [5.41, 5.74) is 0.983. The number of aromatic amines is 1. The number of nitrogens with one attached hydrogen (secondary N) is 2. The van der Waals surface area contributed by atoms with Crippen LogP contribution in [0.4, 0.5) is 11.6 Å². The molecule has 120 valence electrons. The Hall–Kier alpha value is -2.76. The van der Waals surface area contributed by atoms with Crippen LogP contribution in [-0.4, -0.2) is 28.4 Å². The first-order valence-electron chi connectivity index (χ1n) is 7.49. The minimum atomic E-state index is 0.0276. The maximum atomic E-state index is 5.88. The molecule has 0 aliphatic heterocycles. The number of nitrogens with zero attached hydrogens (tertiary/aromatic N) is 2. The van der Waals surface area contributed by atoms with E-state index in [1.807, 2.05) is 51.1 Å². The predicted octanol–water partition coefficient (Wildman–Crippen LogP) is 3.81. The van der Waals surface area contributed by atoms with Crippen molar-refractivity contribution in [2.45, 2.75) is 26.9 Å². The fourth-order valence-electron chi connectivity index (χ4n) is 2.31. The summed E-state index contributed by atoms with van der Waals surface area (Å²) in [7, 11) is 1.65. The van der Waals surface area contributed by atoms with E-state index in [2.05, 4.69) is 20.5 Å². The lowest BCUT2D eigenvalue weighted by atomic mass is 10.1. The first kappa shape index (κ1) is 15.1. The molecule has 0 fully saturated rings. The number of fused-ring (bicyclic) bond motifs is 1. The van der Waals surface area contributed by atoms with Crippen LogP contribution in [0.15, 0.2) is 30.3 Å². The molecule has 3 rings (SSSR count). The van der Waals surface area contributed by atoms with Crippen LogP contribution in [0, 0.1) is 6.92 Å². The number of aryl methyl sites for hydroxylation is 1. The molecule has 0 saturated carbocycles. The summed E-state index contributed by atoms with van der Waals surface area (Å²) in [4.78, 5) is 4.58. The van der Waals surface area contributed by atoms with E-state index in [9.17, 15) is 0 Å². The second-order valence-corrected chi connectivity index (χ2v) is 5.63. The van der Waals surface area contributed by atoms with Crippen LogP contribution in [0.3, 0.4) is 0 Å². The highest BCUT2D eigenvalue weighted by Crippen LogP contribution is 2.31. The van der Waals surface area contributed by atoms with Crippen molar-refractivity contribution in [2.24, 2.45) is 0 Å². The van der Waals surface area contributed by atoms with E-state index in [4.69, 9.17) is 9.47 Å². The van der Waals surface area contributed by atoms with Gasteiger partial charge in [-0.05, 0) is 44.4 Å². The highest BCUT2D eigenvalue weighted by molar-refractivity contribution is 5.90. The molecular formula is C17H20N4O2. The van der Waals surface area contributed by atoms with Crippen LogP contribution >= 0.6 is 0 Å². The van der Waals surface area contributed by atoms with E-state index >= 15 is 0 Å². The number of aromatic nitrogens is 3. The zero-order valence-corrected chi connectivity index (χ0v) is 13.7. The summed E-state index contributed by atoms with van der Waals surface area (Å²) in [6.45, 7) is 5.90. The highest BCUT2D eigenvalue weighted by Gasteiger charge is 2.11. The number of hydrogen-bond donors (Lipinski definition) is 2. The molecule has 23 heavy (non-hydrogen) atoms. The average Bonchev–Trinajstić information content (AvgIpc) is 2.91. The fourth-order valence-corrected chi connectivity index (χ4v) is 2.31. The van der Waals surface area contributed by atoms with Crippen molar-refractivity contribution in [3.63, 3.8) is 0 Å². The fraction of sp³-hybridized carbons (Fsp3) is 0.294. The molecule has 2 N–H and O–H groups in total. The monoisotopic (exact) mass is 312 g/mol. The van der Waals surface area contributed by atoms with Crippen molar-refractivity contribution in [3.8, 4) is 11.6 Å². The van der Waals surface area contributed by atoms with Gasteiger partial charge >= 0.3 is 0 Å².